The Morgan fingerprint density at radius 3 is 2.79 bits per heavy atom. The molecule has 0 saturated carbocycles. The molecule has 1 aromatic carbocycles. The van der Waals surface area contributed by atoms with Crippen molar-refractivity contribution < 1.29 is 19.1 Å². The lowest BCUT2D eigenvalue weighted by molar-refractivity contribution is -0.136. The van der Waals surface area contributed by atoms with Gasteiger partial charge < -0.3 is 19.7 Å². The second-order valence-corrected chi connectivity index (χ2v) is 6.45. The number of rotatable bonds is 4. The van der Waals surface area contributed by atoms with Crippen molar-refractivity contribution in [3.63, 3.8) is 0 Å². The number of amides is 2. The van der Waals surface area contributed by atoms with Gasteiger partial charge in [0, 0.05) is 19.2 Å². The SMILES string of the molecule is COc1ccc2c(c1)OC[C@@H](C(=O)N[C@@H](C)C(=O)N1CCCC1)C2. The van der Waals surface area contributed by atoms with Crippen LogP contribution in [-0.2, 0) is 16.0 Å². The molecule has 0 radical (unpaired) electrons. The molecule has 2 aliphatic rings. The van der Waals surface area contributed by atoms with Gasteiger partial charge in [-0.15, -0.1) is 0 Å². The van der Waals surface area contributed by atoms with E-state index in [-0.39, 0.29) is 17.7 Å². The van der Waals surface area contributed by atoms with Crippen LogP contribution >= 0.6 is 0 Å². The lowest BCUT2D eigenvalue weighted by Crippen LogP contribution is -2.49. The van der Waals surface area contributed by atoms with Gasteiger partial charge in [0.1, 0.15) is 24.1 Å². The average molecular weight is 332 g/mol. The Kier molecular flexibility index (Phi) is 4.92. The summed E-state index contributed by atoms with van der Waals surface area (Å²) in [5, 5.41) is 2.84. The number of carbonyl (C=O) groups is 2. The van der Waals surface area contributed by atoms with Crippen LogP contribution in [0.1, 0.15) is 25.3 Å². The molecular weight excluding hydrogens is 308 g/mol. The van der Waals surface area contributed by atoms with Gasteiger partial charge in [-0.25, -0.2) is 0 Å². The Bertz CT molecular complexity index is 625. The van der Waals surface area contributed by atoms with Gasteiger partial charge in [-0.2, -0.15) is 0 Å². The van der Waals surface area contributed by atoms with Gasteiger partial charge in [0.05, 0.1) is 13.0 Å². The molecule has 24 heavy (non-hydrogen) atoms. The Morgan fingerprint density at radius 2 is 2.08 bits per heavy atom. The number of hydrogen-bond donors (Lipinski definition) is 1. The van der Waals surface area contributed by atoms with Gasteiger partial charge in [0.25, 0.3) is 0 Å². The highest BCUT2D eigenvalue weighted by Gasteiger charge is 2.30. The first-order valence-corrected chi connectivity index (χ1v) is 8.47. The van der Waals surface area contributed by atoms with E-state index in [4.69, 9.17) is 9.47 Å². The third kappa shape index (κ3) is 3.47. The predicted molar refractivity (Wildman–Crippen MR) is 89.1 cm³/mol. The van der Waals surface area contributed by atoms with Gasteiger partial charge in [-0.3, -0.25) is 9.59 Å². The summed E-state index contributed by atoms with van der Waals surface area (Å²) in [5.74, 6) is 1.10. The number of fused-ring (bicyclic) bond motifs is 1. The number of likely N-dealkylation sites (tertiary alicyclic amines) is 1. The molecule has 6 nitrogen and oxygen atoms in total. The van der Waals surface area contributed by atoms with Crippen LogP contribution in [0.15, 0.2) is 18.2 Å². The van der Waals surface area contributed by atoms with Crippen LogP contribution in [0.3, 0.4) is 0 Å². The Balaban J connectivity index is 1.58. The summed E-state index contributed by atoms with van der Waals surface area (Å²) < 4.78 is 10.9. The molecule has 1 saturated heterocycles. The molecule has 2 heterocycles. The highest BCUT2D eigenvalue weighted by Crippen LogP contribution is 2.31. The van der Waals surface area contributed by atoms with Crippen LogP contribution in [0.2, 0.25) is 0 Å². The Labute approximate surface area is 142 Å². The highest BCUT2D eigenvalue weighted by atomic mass is 16.5. The maximum absolute atomic E-state index is 12.5. The fourth-order valence-corrected chi connectivity index (χ4v) is 3.25. The van der Waals surface area contributed by atoms with Crippen molar-refractivity contribution in [3.05, 3.63) is 23.8 Å². The van der Waals surface area contributed by atoms with E-state index in [0.29, 0.717) is 13.0 Å². The van der Waals surface area contributed by atoms with E-state index in [2.05, 4.69) is 5.32 Å². The fraction of sp³-hybridized carbons (Fsp3) is 0.556. The Morgan fingerprint density at radius 1 is 1.33 bits per heavy atom. The monoisotopic (exact) mass is 332 g/mol. The summed E-state index contributed by atoms with van der Waals surface area (Å²) >= 11 is 0. The average Bonchev–Trinajstić information content (AvgIpc) is 3.14. The van der Waals surface area contributed by atoms with E-state index in [9.17, 15) is 9.59 Å². The van der Waals surface area contributed by atoms with E-state index in [1.807, 2.05) is 23.1 Å². The number of benzene rings is 1. The van der Waals surface area contributed by atoms with Crippen molar-refractivity contribution in [1.82, 2.24) is 10.2 Å². The van der Waals surface area contributed by atoms with Crippen LogP contribution in [0.4, 0.5) is 0 Å². The largest absolute Gasteiger partial charge is 0.497 e. The standard InChI is InChI=1S/C18H24N2O4/c1-12(18(22)20-7-3-4-8-20)19-17(21)14-9-13-5-6-15(23-2)10-16(13)24-11-14/h5-6,10,12,14H,3-4,7-9,11H2,1-2H3,(H,19,21)/t12-,14-/m0/s1. The molecule has 0 unspecified atom stereocenters. The fourth-order valence-electron chi connectivity index (χ4n) is 3.25. The maximum atomic E-state index is 12.5. The molecule has 1 aromatic rings. The zero-order chi connectivity index (χ0) is 17.1. The van der Waals surface area contributed by atoms with Gasteiger partial charge in [0.2, 0.25) is 11.8 Å². The molecule has 1 fully saturated rings. The summed E-state index contributed by atoms with van der Waals surface area (Å²) in [6.07, 6.45) is 2.70. The molecule has 6 heteroatoms. The second kappa shape index (κ2) is 7.11. The zero-order valence-electron chi connectivity index (χ0n) is 14.2. The summed E-state index contributed by atoms with van der Waals surface area (Å²) in [7, 11) is 1.61. The molecule has 1 N–H and O–H groups in total. The first-order chi connectivity index (χ1) is 11.6. The number of ether oxygens (including phenoxy) is 2. The van der Waals surface area contributed by atoms with Crippen LogP contribution in [0.5, 0.6) is 11.5 Å². The quantitative estimate of drug-likeness (QED) is 0.904. The summed E-state index contributed by atoms with van der Waals surface area (Å²) in [5.41, 5.74) is 0.987. The molecule has 2 atom stereocenters. The smallest absolute Gasteiger partial charge is 0.244 e. The third-order valence-electron chi connectivity index (χ3n) is 4.70. The molecule has 2 amide bonds. The molecular formula is C18H24N2O4. The summed E-state index contributed by atoms with van der Waals surface area (Å²) in [6.45, 7) is 3.65. The van der Waals surface area contributed by atoms with Gasteiger partial charge in [0.15, 0.2) is 0 Å². The number of hydrogen-bond acceptors (Lipinski definition) is 4. The van der Waals surface area contributed by atoms with Gasteiger partial charge >= 0.3 is 0 Å². The van der Waals surface area contributed by atoms with E-state index < -0.39 is 6.04 Å². The van der Waals surface area contributed by atoms with E-state index in [1.54, 1.807) is 14.0 Å². The van der Waals surface area contributed by atoms with Crippen molar-refractivity contribution in [2.75, 3.05) is 26.8 Å². The van der Waals surface area contributed by atoms with Crippen molar-refractivity contribution >= 4 is 11.8 Å². The summed E-state index contributed by atoms with van der Waals surface area (Å²) in [6, 6.07) is 5.13. The highest BCUT2D eigenvalue weighted by molar-refractivity contribution is 5.88. The van der Waals surface area contributed by atoms with Crippen LogP contribution in [0.25, 0.3) is 0 Å². The lowest BCUT2D eigenvalue weighted by atomic mass is 9.95. The van der Waals surface area contributed by atoms with E-state index >= 15 is 0 Å². The molecule has 3 rings (SSSR count). The van der Waals surface area contributed by atoms with Crippen molar-refractivity contribution in [2.24, 2.45) is 5.92 Å². The molecule has 0 aliphatic carbocycles. The molecule has 0 aromatic heterocycles. The number of methoxy groups -OCH3 is 1. The molecule has 2 aliphatic heterocycles. The van der Waals surface area contributed by atoms with Crippen molar-refractivity contribution in [2.45, 2.75) is 32.2 Å². The van der Waals surface area contributed by atoms with Crippen LogP contribution in [-0.4, -0.2) is 49.6 Å². The van der Waals surface area contributed by atoms with E-state index in [0.717, 1.165) is 43.0 Å². The van der Waals surface area contributed by atoms with Crippen LogP contribution < -0.4 is 14.8 Å². The topological polar surface area (TPSA) is 67.9 Å². The lowest BCUT2D eigenvalue weighted by Gasteiger charge is -2.27. The zero-order valence-corrected chi connectivity index (χ0v) is 14.2. The predicted octanol–water partition coefficient (Wildman–Crippen LogP) is 1.37. The Hall–Kier alpha value is -2.24. The second-order valence-electron chi connectivity index (χ2n) is 6.45. The minimum Gasteiger partial charge on any atom is -0.497 e. The normalized spacial score (nSPS) is 20.8. The number of carbonyl (C=O) groups excluding carboxylic acids is 2. The minimum atomic E-state index is -0.493. The van der Waals surface area contributed by atoms with Crippen LogP contribution in [0, 0.1) is 5.92 Å². The van der Waals surface area contributed by atoms with Crippen molar-refractivity contribution in [1.29, 1.82) is 0 Å². The first kappa shape index (κ1) is 16.6. The van der Waals surface area contributed by atoms with Gasteiger partial charge in [-0.05, 0) is 37.8 Å². The maximum Gasteiger partial charge on any atom is 0.244 e. The van der Waals surface area contributed by atoms with Crippen molar-refractivity contribution in [3.8, 4) is 11.5 Å². The molecule has 0 spiro atoms. The molecule has 130 valence electrons. The minimum absolute atomic E-state index is 0.00251. The number of nitrogens with zero attached hydrogens (tertiary/aromatic N) is 1. The summed E-state index contributed by atoms with van der Waals surface area (Å²) in [4.78, 5) is 26.6. The number of nitrogens with one attached hydrogen (secondary N) is 1. The third-order valence-corrected chi connectivity index (χ3v) is 4.70. The molecule has 0 bridgehead atoms. The van der Waals surface area contributed by atoms with E-state index in [1.165, 1.54) is 0 Å². The van der Waals surface area contributed by atoms with Gasteiger partial charge in [-0.1, -0.05) is 6.07 Å². The first-order valence-electron chi connectivity index (χ1n) is 8.47.